The number of fused-ring (bicyclic) bond motifs is 2. The molecule has 1 aromatic heterocycles. The minimum absolute atomic E-state index is 0.168. The molecule has 1 saturated heterocycles. The fraction of sp³-hybridized carbons (Fsp3) is 0.455. The highest BCUT2D eigenvalue weighted by molar-refractivity contribution is 5.97. The second kappa shape index (κ2) is 3.59. The summed E-state index contributed by atoms with van der Waals surface area (Å²) in [5.41, 5.74) is 6.43. The summed E-state index contributed by atoms with van der Waals surface area (Å²) in [6, 6.07) is 1.29. The van der Waals surface area contributed by atoms with Crippen molar-refractivity contribution in [3.8, 4) is 5.88 Å². The van der Waals surface area contributed by atoms with Gasteiger partial charge in [-0.25, -0.2) is 4.98 Å². The molecule has 3 rings (SSSR count). The average molecular weight is 235 g/mol. The highest BCUT2D eigenvalue weighted by Crippen LogP contribution is 2.29. The lowest BCUT2D eigenvalue weighted by atomic mass is 10.2. The average Bonchev–Trinajstić information content (AvgIpc) is 2.61. The summed E-state index contributed by atoms with van der Waals surface area (Å²) in [6.07, 6.45) is 1.52. The lowest BCUT2D eigenvalue weighted by Gasteiger charge is -2.22. The Bertz CT molecular complexity index is 477. The van der Waals surface area contributed by atoms with Gasteiger partial charge in [-0.2, -0.15) is 0 Å². The van der Waals surface area contributed by atoms with Gasteiger partial charge in [-0.15, -0.1) is 0 Å². The van der Waals surface area contributed by atoms with Gasteiger partial charge < -0.3 is 20.5 Å². The van der Waals surface area contributed by atoms with Crippen molar-refractivity contribution in [1.29, 1.82) is 0 Å². The van der Waals surface area contributed by atoms with Crippen LogP contribution in [0.1, 0.15) is 16.8 Å². The Hall–Kier alpha value is -1.82. The molecule has 6 heteroatoms. The van der Waals surface area contributed by atoms with Gasteiger partial charge in [0.25, 0.3) is 5.91 Å². The molecular weight excluding hydrogens is 222 g/mol. The minimum atomic E-state index is -0.523. The first-order chi connectivity index (χ1) is 8.16. The van der Waals surface area contributed by atoms with E-state index in [-0.39, 0.29) is 18.6 Å². The molecule has 6 nitrogen and oxygen atoms in total. The number of hydrogen-bond donors (Lipinski definition) is 2. The predicted octanol–water partition coefficient (Wildman–Crippen LogP) is -0.368. The fourth-order valence-electron chi connectivity index (χ4n) is 2.35. The highest BCUT2D eigenvalue weighted by atomic mass is 16.5. The molecular formula is C11H13N3O3. The van der Waals surface area contributed by atoms with E-state index in [1.165, 1.54) is 6.20 Å². The van der Waals surface area contributed by atoms with Gasteiger partial charge in [0.15, 0.2) is 0 Å². The number of carbonyl (C=O) groups is 1. The molecule has 0 aliphatic carbocycles. The molecule has 2 aliphatic rings. The van der Waals surface area contributed by atoms with Crippen LogP contribution in [-0.2, 0) is 0 Å². The monoisotopic (exact) mass is 235 g/mol. The topological polar surface area (TPSA) is 88.7 Å². The summed E-state index contributed by atoms with van der Waals surface area (Å²) in [6.45, 7) is 0.819. The first kappa shape index (κ1) is 10.3. The molecule has 0 spiro atoms. The van der Waals surface area contributed by atoms with Crippen molar-refractivity contribution in [2.24, 2.45) is 0 Å². The molecule has 0 aromatic carbocycles. The first-order valence-corrected chi connectivity index (χ1v) is 5.54. The van der Waals surface area contributed by atoms with Crippen molar-refractivity contribution in [3.05, 3.63) is 17.8 Å². The van der Waals surface area contributed by atoms with Crippen LogP contribution in [-0.4, -0.2) is 46.2 Å². The second-order valence-corrected chi connectivity index (χ2v) is 4.35. The molecule has 0 radical (unpaired) electrons. The Labute approximate surface area is 98.0 Å². The van der Waals surface area contributed by atoms with E-state index in [0.717, 1.165) is 0 Å². The van der Waals surface area contributed by atoms with Gasteiger partial charge in [-0.05, 0) is 12.5 Å². The van der Waals surface area contributed by atoms with Gasteiger partial charge in [-0.3, -0.25) is 4.79 Å². The Kier molecular flexibility index (Phi) is 2.19. The largest absolute Gasteiger partial charge is 0.475 e. The van der Waals surface area contributed by atoms with Gasteiger partial charge in [0, 0.05) is 6.54 Å². The zero-order chi connectivity index (χ0) is 12.0. The van der Waals surface area contributed by atoms with E-state index in [1.807, 2.05) is 0 Å². The Morgan fingerprint density at radius 3 is 3.24 bits per heavy atom. The number of nitrogens with two attached hydrogens (primary N) is 1. The van der Waals surface area contributed by atoms with E-state index in [4.69, 9.17) is 10.5 Å². The maximum Gasteiger partial charge on any atom is 0.259 e. The summed E-state index contributed by atoms with van der Waals surface area (Å²) in [7, 11) is 0. The number of pyridine rings is 1. The zero-order valence-corrected chi connectivity index (χ0v) is 9.17. The number of anilines is 1. The summed E-state index contributed by atoms with van der Waals surface area (Å²) in [5, 5.41) is 9.78. The Morgan fingerprint density at radius 1 is 1.59 bits per heavy atom. The molecule has 90 valence electrons. The van der Waals surface area contributed by atoms with E-state index in [2.05, 4.69) is 4.98 Å². The van der Waals surface area contributed by atoms with E-state index in [9.17, 15) is 9.90 Å². The lowest BCUT2D eigenvalue weighted by Crippen LogP contribution is -2.41. The molecule has 1 fully saturated rings. The minimum Gasteiger partial charge on any atom is -0.475 e. The van der Waals surface area contributed by atoms with Gasteiger partial charge in [0.1, 0.15) is 12.2 Å². The van der Waals surface area contributed by atoms with E-state index in [0.29, 0.717) is 30.1 Å². The molecule has 1 amide bonds. The number of amides is 1. The summed E-state index contributed by atoms with van der Waals surface area (Å²) >= 11 is 0. The van der Waals surface area contributed by atoms with Crippen molar-refractivity contribution in [1.82, 2.24) is 9.88 Å². The molecule has 17 heavy (non-hydrogen) atoms. The number of aliphatic hydroxyl groups is 1. The molecule has 3 N–H and O–H groups in total. The van der Waals surface area contributed by atoms with Gasteiger partial charge in [0.05, 0.1) is 24.0 Å². The lowest BCUT2D eigenvalue weighted by molar-refractivity contribution is 0.0580. The third-order valence-corrected chi connectivity index (χ3v) is 3.26. The van der Waals surface area contributed by atoms with E-state index >= 15 is 0 Å². The number of carbonyl (C=O) groups excluding carboxylic acids is 1. The van der Waals surface area contributed by atoms with Crippen molar-refractivity contribution in [2.75, 3.05) is 18.9 Å². The molecule has 0 bridgehead atoms. The number of aliphatic hydroxyl groups excluding tert-OH is 1. The number of hydrogen-bond acceptors (Lipinski definition) is 5. The predicted molar refractivity (Wildman–Crippen MR) is 59.6 cm³/mol. The molecule has 0 saturated carbocycles. The normalized spacial score (nSPS) is 27.1. The van der Waals surface area contributed by atoms with Gasteiger partial charge in [0.2, 0.25) is 5.88 Å². The van der Waals surface area contributed by atoms with Crippen molar-refractivity contribution in [3.63, 3.8) is 0 Å². The highest BCUT2D eigenvalue weighted by Gasteiger charge is 2.40. The van der Waals surface area contributed by atoms with Crippen LogP contribution in [0.4, 0.5) is 5.69 Å². The second-order valence-electron chi connectivity index (χ2n) is 4.35. The summed E-state index contributed by atoms with van der Waals surface area (Å²) < 4.78 is 5.47. The Balaban J connectivity index is 2.04. The Morgan fingerprint density at radius 2 is 2.41 bits per heavy atom. The fourth-order valence-corrected chi connectivity index (χ4v) is 2.35. The van der Waals surface area contributed by atoms with E-state index in [1.54, 1.807) is 11.0 Å². The number of ether oxygens (including phenoxy) is 1. The van der Waals surface area contributed by atoms with Crippen molar-refractivity contribution < 1.29 is 14.6 Å². The molecule has 1 aromatic rings. The molecule has 2 aliphatic heterocycles. The van der Waals surface area contributed by atoms with Crippen molar-refractivity contribution >= 4 is 11.6 Å². The maximum absolute atomic E-state index is 12.3. The maximum atomic E-state index is 12.3. The molecule has 0 unspecified atom stereocenters. The number of nitrogens with zero attached hydrogens (tertiary/aromatic N) is 2. The van der Waals surface area contributed by atoms with Crippen LogP contribution < -0.4 is 10.5 Å². The third-order valence-electron chi connectivity index (χ3n) is 3.26. The first-order valence-electron chi connectivity index (χ1n) is 5.54. The van der Waals surface area contributed by atoms with Crippen LogP contribution in [0.15, 0.2) is 12.3 Å². The third kappa shape index (κ3) is 1.52. The van der Waals surface area contributed by atoms with Crippen LogP contribution >= 0.6 is 0 Å². The summed E-state index contributed by atoms with van der Waals surface area (Å²) in [4.78, 5) is 17.9. The number of rotatable bonds is 0. The van der Waals surface area contributed by atoms with Crippen LogP contribution in [0.25, 0.3) is 0 Å². The quantitative estimate of drug-likeness (QED) is 0.640. The SMILES string of the molecule is Nc1cnc2c(c1)C(=O)N1CC[C@@H](O)[C@@H]1CO2. The van der Waals surface area contributed by atoms with E-state index < -0.39 is 6.10 Å². The standard InChI is InChI=1S/C11H13N3O3/c12-6-3-7-10(13-4-6)17-5-8-9(15)1-2-14(8)11(7)16/h3-4,8-9,15H,1-2,5,12H2/t8-,9+/m0/s1. The van der Waals surface area contributed by atoms with Crippen LogP contribution in [0.2, 0.25) is 0 Å². The van der Waals surface area contributed by atoms with Crippen LogP contribution in [0.5, 0.6) is 5.88 Å². The molecule has 3 heterocycles. The number of aromatic nitrogens is 1. The number of nitrogen functional groups attached to an aromatic ring is 1. The molecule has 2 atom stereocenters. The van der Waals surface area contributed by atoms with Gasteiger partial charge >= 0.3 is 0 Å². The van der Waals surface area contributed by atoms with Crippen LogP contribution in [0.3, 0.4) is 0 Å². The van der Waals surface area contributed by atoms with Crippen LogP contribution in [0, 0.1) is 0 Å². The smallest absolute Gasteiger partial charge is 0.259 e. The summed E-state index contributed by atoms with van der Waals surface area (Å²) in [5.74, 6) is 0.129. The zero-order valence-electron chi connectivity index (χ0n) is 9.17. The van der Waals surface area contributed by atoms with Crippen molar-refractivity contribution in [2.45, 2.75) is 18.6 Å². The van der Waals surface area contributed by atoms with Gasteiger partial charge in [-0.1, -0.05) is 0 Å².